The summed E-state index contributed by atoms with van der Waals surface area (Å²) in [5, 5.41) is 0. The van der Waals surface area contributed by atoms with E-state index in [0.29, 0.717) is 31.7 Å². The van der Waals surface area contributed by atoms with Gasteiger partial charge in [-0.15, -0.1) is 0 Å². The SMILES string of the molecule is CCC1(CC)CN(c2cnc3cc(F)c(F)cc3n2)CCS1(=O)=O. The van der Waals surface area contributed by atoms with Gasteiger partial charge in [-0.25, -0.2) is 22.2 Å². The Morgan fingerprint density at radius 2 is 1.79 bits per heavy atom. The van der Waals surface area contributed by atoms with E-state index >= 15 is 0 Å². The monoisotopic (exact) mass is 355 g/mol. The summed E-state index contributed by atoms with van der Waals surface area (Å²) in [5.74, 6) is -1.42. The fraction of sp³-hybridized carbons (Fsp3) is 0.500. The van der Waals surface area contributed by atoms with E-state index in [9.17, 15) is 17.2 Å². The third kappa shape index (κ3) is 2.62. The number of sulfone groups is 1. The molecule has 1 aliphatic heterocycles. The van der Waals surface area contributed by atoms with Crippen molar-refractivity contribution < 1.29 is 17.2 Å². The first kappa shape index (κ1) is 17.0. The Morgan fingerprint density at radius 1 is 1.17 bits per heavy atom. The van der Waals surface area contributed by atoms with Gasteiger partial charge < -0.3 is 4.90 Å². The van der Waals surface area contributed by atoms with Crippen molar-refractivity contribution in [3.63, 3.8) is 0 Å². The maximum Gasteiger partial charge on any atom is 0.161 e. The van der Waals surface area contributed by atoms with Gasteiger partial charge in [-0.1, -0.05) is 13.8 Å². The first-order valence-corrected chi connectivity index (χ1v) is 9.56. The second kappa shape index (κ2) is 5.91. The summed E-state index contributed by atoms with van der Waals surface area (Å²) >= 11 is 0. The smallest absolute Gasteiger partial charge is 0.161 e. The van der Waals surface area contributed by atoms with Crippen LogP contribution in [0.5, 0.6) is 0 Å². The average molecular weight is 355 g/mol. The van der Waals surface area contributed by atoms with Crippen LogP contribution in [0.4, 0.5) is 14.6 Å². The second-order valence-corrected chi connectivity index (χ2v) is 8.62. The Kier molecular flexibility index (Phi) is 4.19. The Balaban J connectivity index is 2.00. The van der Waals surface area contributed by atoms with Gasteiger partial charge in [-0.2, -0.15) is 0 Å². The van der Waals surface area contributed by atoms with E-state index in [2.05, 4.69) is 9.97 Å². The van der Waals surface area contributed by atoms with Crippen LogP contribution < -0.4 is 4.90 Å². The van der Waals surface area contributed by atoms with Crippen molar-refractivity contribution >= 4 is 26.7 Å². The highest BCUT2D eigenvalue weighted by Gasteiger charge is 2.45. The van der Waals surface area contributed by atoms with E-state index < -0.39 is 26.2 Å². The van der Waals surface area contributed by atoms with Crippen LogP contribution in [0.15, 0.2) is 18.3 Å². The molecule has 0 atom stereocenters. The molecule has 0 radical (unpaired) electrons. The lowest BCUT2D eigenvalue weighted by molar-refractivity contribution is 0.457. The van der Waals surface area contributed by atoms with E-state index in [1.807, 2.05) is 18.7 Å². The predicted molar refractivity (Wildman–Crippen MR) is 88.8 cm³/mol. The largest absolute Gasteiger partial charge is 0.353 e. The van der Waals surface area contributed by atoms with E-state index in [1.165, 1.54) is 6.20 Å². The highest BCUT2D eigenvalue weighted by molar-refractivity contribution is 7.92. The molecule has 0 N–H and O–H groups in total. The van der Waals surface area contributed by atoms with Gasteiger partial charge in [0.25, 0.3) is 0 Å². The molecule has 8 heteroatoms. The Hall–Kier alpha value is -1.83. The molecule has 2 heterocycles. The molecule has 0 unspecified atom stereocenters. The van der Waals surface area contributed by atoms with Crippen LogP contribution in [0.2, 0.25) is 0 Å². The summed E-state index contributed by atoms with van der Waals surface area (Å²) in [6, 6.07) is 2.01. The van der Waals surface area contributed by atoms with Crippen LogP contribution in [0, 0.1) is 11.6 Å². The number of fused-ring (bicyclic) bond motifs is 1. The van der Waals surface area contributed by atoms with Crippen LogP contribution in [-0.2, 0) is 9.84 Å². The van der Waals surface area contributed by atoms with Crippen molar-refractivity contribution in [3.05, 3.63) is 30.0 Å². The summed E-state index contributed by atoms with van der Waals surface area (Å²) < 4.78 is 50.8. The molecule has 24 heavy (non-hydrogen) atoms. The lowest BCUT2D eigenvalue weighted by atomic mass is 10.0. The quantitative estimate of drug-likeness (QED) is 0.847. The minimum absolute atomic E-state index is 0.0478. The molecule has 130 valence electrons. The molecule has 1 saturated heterocycles. The zero-order chi connectivity index (χ0) is 17.5. The predicted octanol–water partition coefficient (Wildman–Crippen LogP) is 2.70. The summed E-state index contributed by atoms with van der Waals surface area (Å²) in [6.07, 6.45) is 2.51. The van der Waals surface area contributed by atoms with Gasteiger partial charge in [0.1, 0.15) is 5.82 Å². The van der Waals surface area contributed by atoms with Crippen LogP contribution >= 0.6 is 0 Å². The van der Waals surface area contributed by atoms with Crippen molar-refractivity contribution in [1.82, 2.24) is 9.97 Å². The van der Waals surface area contributed by atoms with Gasteiger partial charge in [0.05, 0.1) is 27.7 Å². The normalized spacial score (nSPS) is 19.6. The Labute approximate surface area is 139 Å². The molecule has 5 nitrogen and oxygen atoms in total. The highest BCUT2D eigenvalue weighted by atomic mass is 32.2. The summed E-state index contributed by atoms with van der Waals surface area (Å²) in [5.41, 5.74) is 0.512. The van der Waals surface area contributed by atoms with Crippen LogP contribution in [0.3, 0.4) is 0 Å². The van der Waals surface area contributed by atoms with Crippen molar-refractivity contribution in [1.29, 1.82) is 0 Å². The number of aromatic nitrogens is 2. The number of anilines is 1. The molecule has 2 aromatic rings. The van der Waals surface area contributed by atoms with Gasteiger partial charge in [-0.05, 0) is 12.8 Å². The summed E-state index contributed by atoms with van der Waals surface area (Å²) in [7, 11) is -3.18. The summed E-state index contributed by atoms with van der Waals surface area (Å²) in [4.78, 5) is 10.3. The first-order chi connectivity index (χ1) is 11.3. The lowest BCUT2D eigenvalue weighted by Crippen LogP contribution is -2.56. The molecule has 0 saturated carbocycles. The number of hydrogen-bond donors (Lipinski definition) is 0. The molecule has 1 fully saturated rings. The molecule has 1 aliphatic rings. The second-order valence-electron chi connectivity index (χ2n) is 6.11. The van der Waals surface area contributed by atoms with Crippen LogP contribution in [-0.4, -0.2) is 42.0 Å². The maximum atomic E-state index is 13.4. The number of benzene rings is 1. The zero-order valence-corrected chi connectivity index (χ0v) is 14.4. The molecule has 0 aliphatic carbocycles. The standard InChI is InChI=1S/C16H19F2N3O2S/c1-3-16(4-2)10-21(5-6-24(16,22)23)15-9-19-13-7-11(17)12(18)8-14(13)20-15/h7-9H,3-6,10H2,1-2H3. The number of hydrogen-bond acceptors (Lipinski definition) is 5. The van der Waals surface area contributed by atoms with Gasteiger partial charge >= 0.3 is 0 Å². The van der Waals surface area contributed by atoms with Gasteiger partial charge in [0.15, 0.2) is 21.5 Å². The van der Waals surface area contributed by atoms with E-state index in [4.69, 9.17) is 0 Å². The highest BCUT2D eigenvalue weighted by Crippen LogP contribution is 2.33. The number of rotatable bonds is 3. The molecule has 1 aromatic carbocycles. The molecule has 0 spiro atoms. The number of nitrogens with zero attached hydrogens (tertiary/aromatic N) is 3. The van der Waals surface area contributed by atoms with Crippen molar-refractivity contribution in [3.8, 4) is 0 Å². The zero-order valence-electron chi connectivity index (χ0n) is 13.6. The van der Waals surface area contributed by atoms with Gasteiger partial charge in [0, 0.05) is 25.2 Å². The Morgan fingerprint density at radius 3 is 2.42 bits per heavy atom. The molecular weight excluding hydrogens is 336 g/mol. The van der Waals surface area contributed by atoms with E-state index in [-0.39, 0.29) is 16.8 Å². The molecule has 1 aromatic heterocycles. The molecule has 3 rings (SSSR count). The number of halogens is 2. The lowest BCUT2D eigenvalue weighted by Gasteiger charge is -2.41. The van der Waals surface area contributed by atoms with E-state index in [0.717, 1.165) is 12.1 Å². The third-order valence-corrected chi connectivity index (χ3v) is 7.70. The van der Waals surface area contributed by atoms with Gasteiger partial charge in [-0.3, -0.25) is 4.98 Å². The van der Waals surface area contributed by atoms with Crippen molar-refractivity contribution in [2.24, 2.45) is 0 Å². The molecule has 0 bridgehead atoms. The Bertz CT molecular complexity index is 882. The minimum atomic E-state index is -3.18. The van der Waals surface area contributed by atoms with Crippen molar-refractivity contribution in [2.75, 3.05) is 23.7 Å². The minimum Gasteiger partial charge on any atom is -0.353 e. The topological polar surface area (TPSA) is 63.2 Å². The average Bonchev–Trinajstić information content (AvgIpc) is 2.56. The fourth-order valence-electron chi connectivity index (χ4n) is 3.23. The van der Waals surface area contributed by atoms with Crippen LogP contribution in [0.25, 0.3) is 11.0 Å². The van der Waals surface area contributed by atoms with E-state index in [1.54, 1.807) is 0 Å². The summed E-state index contributed by atoms with van der Waals surface area (Å²) in [6.45, 7) is 4.38. The maximum absolute atomic E-state index is 13.4. The van der Waals surface area contributed by atoms with Crippen molar-refractivity contribution in [2.45, 2.75) is 31.4 Å². The fourth-order valence-corrected chi connectivity index (χ4v) is 5.36. The van der Waals surface area contributed by atoms with Gasteiger partial charge in [0.2, 0.25) is 0 Å². The first-order valence-electron chi connectivity index (χ1n) is 7.91. The molecular formula is C16H19F2N3O2S. The van der Waals surface area contributed by atoms with Crippen LogP contribution in [0.1, 0.15) is 26.7 Å². The molecule has 0 amide bonds. The third-order valence-electron chi connectivity index (χ3n) is 4.95.